The van der Waals surface area contributed by atoms with E-state index in [1.54, 1.807) is 12.1 Å². The largest absolute Gasteiger partial charge is 0.464 e. The first-order valence-electron chi connectivity index (χ1n) is 5.92. The molecule has 0 fully saturated rings. The third-order valence-electron chi connectivity index (χ3n) is 2.85. The van der Waals surface area contributed by atoms with E-state index in [1.807, 2.05) is 0 Å². The SMILES string of the molecule is COC(=O)C1=NN(C)C(=O)/C1=C\c1cccn1C(=O)OC. The normalized spacial score (nSPS) is 16.1. The van der Waals surface area contributed by atoms with Crippen LogP contribution < -0.4 is 0 Å². The second-order valence-electron chi connectivity index (χ2n) is 4.10. The van der Waals surface area contributed by atoms with E-state index in [9.17, 15) is 14.4 Å². The molecule has 1 aromatic heterocycles. The smallest absolute Gasteiger partial charge is 0.418 e. The first kappa shape index (κ1) is 14.5. The lowest BCUT2D eigenvalue weighted by Crippen LogP contribution is -2.20. The van der Waals surface area contributed by atoms with Crippen molar-refractivity contribution in [3.63, 3.8) is 0 Å². The standard InChI is InChI=1S/C13H13N3O5/c1-15-11(17)9(10(14-15)12(18)20-2)7-8-5-4-6-16(8)13(19)21-3/h4-7H,1-3H3/b9-7-. The minimum absolute atomic E-state index is 0.0493. The van der Waals surface area contributed by atoms with Crippen molar-refractivity contribution in [2.45, 2.75) is 0 Å². The number of amides is 1. The van der Waals surface area contributed by atoms with Crippen LogP contribution in [0.25, 0.3) is 6.08 Å². The number of methoxy groups -OCH3 is 2. The van der Waals surface area contributed by atoms with Gasteiger partial charge in [-0.05, 0) is 18.2 Å². The fourth-order valence-electron chi connectivity index (χ4n) is 1.83. The molecule has 1 amide bonds. The van der Waals surface area contributed by atoms with Gasteiger partial charge >= 0.3 is 12.1 Å². The molecule has 0 aromatic carbocycles. The molecule has 0 atom stereocenters. The molecule has 0 saturated heterocycles. The van der Waals surface area contributed by atoms with E-state index in [-0.39, 0.29) is 11.3 Å². The van der Waals surface area contributed by atoms with Crippen LogP contribution in [0.2, 0.25) is 0 Å². The fraction of sp³-hybridized carbons (Fsp3) is 0.231. The zero-order valence-corrected chi connectivity index (χ0v) is 11.7. The van der Waals surface area contributed by atoms with Gasteiger partial charge in [-0.15, -0.1) is 0 Å². The third kappa shape index (κ3) is 2.55. The molecule has 0 bridgehead atoms. The highest BCUT2D eigenvalue weighted by Gasteiger charge is 2.33. The molecule has 8 heteroatoms. The lowest BCUT2D eigenvalue weighted by molar-refractivity contribution is -0.132. The topological polar surface area (TPSA) is 90.2 Å². The molecule has 8 nitrogen and oxygen atoms in total. The van der Waals surface area contributed by atoms with Crippen LogP contribution in [0.15, 0.2) is 29.0 Å². The van der Waals surface area contributed by atoms with Crippen molar-refractivity contribution in [1.29, 1.82) is 0 Å². The van der Waals surface area contributed by atoms with Crippen molar-refractivity contribution >= 4 is 29.8 Å². The lowest BCUT2D eigenvalue weighted by atomic mass is 10.1. The Morgan fingerprint density at radius 1 is 1.29 bits per heavy atom. The van der Waals surface area contributed by atoms with Crippen LogP contribution in [0.5, 0.6) is 0 Å². The number of carbonyl (C=O) groups is 3. The van der Waals surface area contributed by atoms with E-state index in [1.165, 1.54) is 38.1 Å². The number of hydrazone groups is 1. The van der Waals surface area contributed by atoms with Gasteiger partial charge in [0.05, 0.1) is 25.5 Å². The molecule has 1 aliphatic rings. The van der Waals surface area contributed by atoms with Crippen LogP contribution in [0.4, 0.5) is 4.79 Å². The predicted molar refractivity (Wildman–Crippen MR) is 72.4 cm³/mol. The van der Waals surface area contributed by atoms with E-state index in [2.05, 4.69) is 14.6 Å². The van der Waals surface area contributed by atoms with Gasteiger partial charge in [-0.25, -0.2) is 14.6 Å². The van der Waals surface area contributed by atoms with Crippen molar-refractivity contribution in [3.05, 3.63) is 29.6 Å². The zero-order chi connectivity index (χ0) is 15.6. The summed E-state index contributed by atoms with van der Waals surface area (Å²) >= 11 is 0. The molecule has 0 spiro atoms. The maximum Gasteiger partial charge on any atom is 0.418 e. The van der Waals surface area contributed by atoms with Crippen LogP contribution in [-0.4, -0.2) is 54.5 Å². The van der Waals surface area contributed by atoms with Crippen LogP contribution in [0.3, 0.4) is 0 Å². The first-order valence-corrected chi connectivity index (χ1v) is 5.92. The summed E-state index contributed by atoms with van der Waals surface area (Å²) < 4.78 is 10.4. The number of esters is 1. The van der Waals surface area contributed by atoms with Crippen LogP contribution in [0, 0.1) is 0 Å². The number of carbonyl (C=O) groups excluding carboxylic acids is 3. The van der Waals surface area contributed by atoms with Gasteiger partial charge in [0, 0.05) is 13.2 Å². The molecule has 0 N–H and O–H groups in total. The Hall–Kier alpha value is -2.90. The van der Waals surface area contributed by atoms with Gasteiger partial charge in [-0.2, -0.15) is 5.10 Å². The minimum atomic E-state index is -0.727. The highest BCUT2D eigenvalue weighted by Crippen LogP contribution is 2.18. The zero-order valence-electron chi connectivity index (χ0n) is 11.7. The fourth-order valence-corrected chi connectivity index (χ4v) is 1.83. The van der Waals surface area contributed by atoms with Gasteiger partial charge in [0.15, 0.2) is 5.71 Å². The second-order valence-corrected chi connectivity index (χ2v) is 4.10. The molecule has 1 aliphatic heterocycles. The maximum atomic E-state index is 12.0. The molecular formula is C13H13N3O5. The summed E-state index contributed by atoms with van der Waals surface area (Å²) in [4.78, 5) is 35.3. The summed E-state index contributed by atoms with van der Waals surface area (Å²) in [6.07, 6.45) is 2.26. The summed E-state index contributed by atoms with van der Waals surface area (Å²) in [5.41, 5.74) is 0.327. The summed E-state index contributed by atoms with van der Waals surface area (Å²) in [6, 6.07) is 3.21. The lowest BCUT2D eigenvalue weighted by Gasteiger charge is -2.05. The van der Waals surface area contributed by atoms with Gasteiger partial charge in [0.25, 0.3) is 5.91 Å². The second kappa shape index (κ2) is 5.61. The van der Waals surface area contributed by atoms with Crippen LogP contribution in [-0.2, 0) is 19.1 Å². The molecule has 2 heterocycles. The van der Waals surface area contributed by atoms with Gasteiger partial charge in [0.1, 0.15) is 0 Å². The van der Waals surface area contributed by atoms with E-state index >= 15 is 0 Å². The number of hydrogen-bond donors (Lipinski definition) is 0. The van der Waals surface area contributed by atoms with E-state index in [0.717, 1.165) is 5.01 Å². The maximum absolute atomic E-state index is 12.0. The number of hydrogen-bond acceptors (Lipinski definition) is 6. The Morgan fingerprint density at radius 3 is 2.62 bits per heavy atom. The summed E-state index contributed by atoms with van der Waals surface area (Å²) in [6.45, 7) is 0. The number of ether oxygens (including phenoxy) is 2. The van der Waals surface area contributed by atoms with E-state index in [4.69, 9.17) is 0 Å². The summed E-state index contributed by atoms with van der Waals surface area (Å²) in [7, 11) is 3.86. The first-order chi connectivity index (χ1) is 9.99. The van der Waals surface area contributed by atoms with Crippen molar-refractivity contribution in [3.8, 4) is 0 Å². The Morgan fingerprint density at radius 2 is 2.00 bits per heavy atom. The molecule has 0 radical (unpaired) electrons. The van der Waals surface area contributed by atoms with Gasteiger partial charge in [0.2, 0.25) is 0 Å². The Bertz CT molecular complexity index is 671. The van der Waals surface area contributed by atoms with Gasteiger partial charge in [-0.1, -0.05) is 0 Å². The number of likely N-dealkylation sites (N-methyl/N-ethyl adjacent to an activating group) is 1. The highest BCUT2D eigenvalue weighted by molar-refractivity contribution is 6.52. The molecule has 0 unspecified atom stereocenters. The van der Waals surface area contributed by atoms with Gasteiger partial charge < -0.3 is 9.47 Å². The predicted octanol–water partition coefficient (Wildman–Crippen LogP) is 0.487. The molecule has 1 aromatic rings. The third-order valence-corrected chi connectivity index (χ3v) is 2.85. The minimum Gasteiger partial charge on any atom is -0.464 e. The van der Waals surface area contributed by atoms with Crippen molar-refractivity contribution in [2.75, 3.05) is 21.3 Å². The quantitative estimate of drug-likeness (QED) is 0.584. The summed E-state index contributed by atoms with van der Waals surface area (Å²) in [5.74, 6) is -1.19. The molecule has 2 rings (SSSR count). The average molecular weight is 291 g/mol. The molecule has 110 valence electrons. The Balaban J connectivity index is 2.46. The van der Waals surface area contributed by atoms with Crippen LogP contribution in [0.1, 0.15) is 5.69 Å². The van der Waals surface area contributed by atoms with E-state index in [0.29, 0.717) is 5.69 Å². The van der Waals surface area contributed by atoms with Crippen LogP contribution >= 0.6 is 0 Å². The molecule has 0 saturated carbocycles. The average Bonchev–Trinajstić information content (AvgIpc) is 3.06. The number of rotatable bonds is 2. The summed E-state index contributed by atoms with van der Waals surface area (Å²) in [5, 5.41) is 4.86. The molecule has 0 aliphatic carbocycles. The Labute approximate surface area is 120 Å². The van der Waals surface area contributed by atoms with E-state index < -0.39 is 18.0 Å². The van der Waals surface area contributed by atoms with Crippen molar-refractivity contribution < 1.29 is 23.9 Å². The molecule has 21 heavy (non-hydrogen) atoms. The monoisotopic (exact) mass is 291 g/mol. The van der Waals surface area contributed by atoms with Crippen molar-refractivity contribution in [1.82, 2.24) is 9.58 Å². The molecular weight excluding hydrogens is 278 g/mol. The number of nitrogens with zero attached hydrogens (tertiary/aromatic N) is 3. The van der Waals surface area contributed by atoms with Gasteiger partial charge in [-0.3, -0.25) is 9.36 Å². The number of aromatic nitrogens is 1. The Kier molecular flexibility index (Phi) is 3.88. The highest BCUT2D eigenvalue weighted by atomic mass is 16.5. The van der Waals surface area contributed by atoms with Crippen molar-refractivity contribution in [2.24, 2.45) is 5.10 Å².